The number of rotatable bonds is 9. The normalized spacial score (nSPS) is 12.3. The minimum Gasteiger partial charge on any atom is -0.465 e. The maximum atomic E-state index is 12.0. The largest absolute Gasteiger partial charge is 0.465 e. The Labute approximate surface area is 116 Å². The van der Waals surface area contributed by atoms with Crippen molar-refractivity contribution < 1.29 is 14.3 Å². The molecule has 5 heteroatoms. The van der Waals surface area contributed by atoms with Crippen molar-refractivity contribution in [3.8, 4) is 0 Å². The Hall–Kier alpha value is -1.10. The third-order valence-corrected chi connectivity index (χ3v) is 2.91. The predicted octanol–water partition coefficient (Wildman–Crippen LogP) is 1.52. The van der Waals surface area contributed by atoms with E-state index < -0.39 is 0 Å². The van der Waals surface area contributed by atoms with Gasteiger partial charge in [0.15, 0.2) is 0 Å². The molecule has 0 bridgehead atoms. The lowest BCUT2D eigenvalue weighted by molar-refractivity contribution is -0.150. The Kier molecular flexibility index (Phi) is 9.21. The number of hydrogen-bond acceptors (Lipinski definition) is 4. The molecule has 19 heavy (non-hydrogen) atoms. The molecule has 1 amide bonds. The number of carbonyl (C=O) groups is 2. The molecule has 0 radical (unpaired) electrons. The van der Waals surface area contributed by atoms with Gasteiger partial charge in [-0.25, -0.2) is 0 Å². The number of amides is 1. The molecule has 0 aliphatic heterocycles. The summed E-state index contributed by atoms with van der Waals surface area (Å²) >= 11 is 0. The number of carbonyl (C=O) groups excluding carboxylic acids is 2. The van der Waals surface area contributed by atoms with Crippen molar-refractivity contribution in [2.45, 2.75) is 46.1 Å². The first-order chi connectivity index (χ1) is 8.97. The van der Waals surface area contributed by atoms with Crippen LogP contribution in [0, 0.1) is 0 Å². The summed E-state index contributed by atoms with van der Waals surface area (Å²) in [4.78, 5) is 27.3. The minimum absolute atomic E-state index is 0.0128. The number of hydrogen-bond donors (Lipinski definition) is 0. The SMILES string of the molecule is CCCC(C(=O)OCC)N(CCC)CC(=O)N(C)C. The van der Waals surface area contributed by atoms with E-state index in [0.717, 1.165) is 25.8 Å². The molecule has 0 rings (SSSR count). The van der Waals surface area contributed by atoms with Crippen LogP contribution in [0.2, 0.25) is 0 Å². The van der Waals surface area contributed by atoms with E-state index in [1.807, 2.05) is 18.7 Å². The first-order valence-electron chi connectivity index (χ1n) is 7.08. The zero-order valence-electron chi connectivity index (χ0n) is 12.9. The summed E-state index contributed by atoms with van der Waals surface area (Å²) in [6.45, 7) is 7.25. The summed E-state index contributed by atoms with van der Waals surface area (Å²) in [5, 5.41) is 0. The quantitative estimate of drug-likeness (QED) is 0.597. The molecule has 0 aromatic heterocycles. The van der Waals surface area contributed by atoms with E-state index in [1.165, 1.54) is 0 Å². The highest BCUT2D eigenvalue weighted by Gasteiger charge is 2.27. The van der Waals surface area contributed by atoms with Crippen molar-refractivity contribution in [1.82, 2.24) is 9.80 Å². The van der Waals surface area contributed by atoms with E-state index in [1.54, 1.807) is 25.9 Å². The van der Waals surface area contributed by atoms with E-state index in [0.29, 0.717) is 6.61 Å². The maximum Gasteiger partial charge on any atom is 0.323 e. The van der Waals surface area contributed by atoms with E-state index in [4.69, 9.17) is 4.74 Å². The van der Waals surface area contributed by atoms with Crippen LogP contribution in [0.1, 0.15) is 40.0 Å². The van der Waals surface area contributed by atoms with Gasteiger partial charge in [-0.3, -0.25) is 14.5 Å². The Balaban J connectivity index is 4.83. The lowest BCUT2D eigenvalue weighted by atomic mass is 10.1. The van der Waals surface area contributed by atoms with Gasteiger partial charge in [0, 0.05) is 14.1 Å². The van der Waals surface area contributed by atoms with E-state index in [-0.39, 0.29) is 24.5 Å². The predicted molar refractivity (Wildman–Crippen MR) is 75.9 cm³/mol. The molecule has 1 atom stereocenters. The zero-order valence-corrected chi connectivity index (χ0v) is 12.9. The maximum absolute atomic E-state index is 12.0. The molecule has 0 saturated heterocycles. The number of likely N-dealkylation sites (N-methyl/N-ethyl adjacent to an activating group) is 1. The van der Waals surface area contributed by atoms with E-state index in [2.05, 4.69) is 0 Å². The Morgan fingerprint density at radius 3 is 2.16 bits per heavy atom. The monoisotopic (exact) mass is 272 g/mol. The van der Waals surface area contributed by atoms with Gasteiger partial charge in [0.2, 0.25) is 5.91 Å². The zero-order chi connectivity index (χ0) is 14.8. The molecule has 5 nitrogen and oxygen atoms in total. The average Bonchev–Trinajstić information content (AvgIpc) is 2.35. The fraction of sp³-hybridized carbons (Fsp3) is 0.857. The fourth-order valence-corrected chi connectivity index (χ4v) is 1.91. The van der Waals surface area contributed by atoms with Gasteiger partial charge < -0.3 is 9.64 Å². The molecule has 0 N–H and O–H groups in total. The third-order valence-electron chi connectivity index (χ3n) is 2.91. The molecule has 1 unspecified atom stereocenters. The van der Waals surface area contributed by atoms with Gasteiger partial charge >= 0.3 is 5.97 Å². The van der Waals surface area contributed by atoms with Crippen LogP contribution < -0.4 is 0 Å². The summed E-state index contributed by atoms with van der Waals surface area (Å²) in [7, 11) is 3.46. The summed E-state index contributed by atoms with van der Waals surface area (Å²) in [6, 6.07) is -0.311. The van der Waals surface area contributed by atoms with E-state index >= 15 is 0 Å². The summed E-state index contributed by atoms with van der Waals surface area (Å²) in [5.41, 5.74) is 0. The van der Waals surface area contributed by atoms with Crippen LogP contribution in [-0.4, -0.2) is 61.5 Å². The summed E-state index contributed by atoms with van der Waals surface area (Å²) in [5.74, 6) is -0.205. The molecule has 112 valence electrons. The van der Waals surface area contributed by atoms with Gasteiger partial charge in [-0.2, -0.15) is 0 Å². The van der Waals surface area contributed by atoms with Crippen LogP contribution in [0.25, 0.3) is 0 Å². The number of esters is 1. The van der Waals surface area contributed by atoms with Crippen LogP contribution in [0.3, 0.4) is 0 Å². The first kappa shape index (κ1) is 17.9. The van der Waals surface area contributed by atoms with Gasteiger partial charge in [-0.1, -0.05) is 20.3 Å². The lowest BCUT2D eigenvalue weighted by Crippen LogP contribution is -2.47. The number of nitrogens with zero attached hydrogens (tertiary/aromatic N) is 2. The smallest absolute Gasteiger partial charge is 0.323 e. The highest BCUT2D eigenvalue weighted by atomic mass is 16.5. The molecule has 0 aliphatic rings. The second-order valence-electron chi connectivity index (χ2n) is 4.82. The van der Waals surface area contributed by atoms with Gasteiger partial charge in [0.25, 0.3) is 0 Å². The second kappa shape index (κ2) is 9.78. The second-order valence-corrected chi connectivity index (χ2v) is 4.82. The van der Waals surface area contributed by atoms with Crippen LogP contribution in [0.15, 0.2) is 0 Å². The van der Waals surface area contributed by atoms with Crippen molar-refractivity contribution in [2.24, 2.45) is 0 Å². The molecule has 0 fully saturated rings. The van der Waals surface area contributed by atoms with Crippen molar-refractivity contribution in [1.29, 1.82) is 0 Å². The third kappa shape index (κ3) is 6.57. The molecular weight excluding hydrogens is 244 g/mol. The van der Waals surface area contributed by atoms with Crippen molar-refractivity contribution in [2.75, 3.05) is 33.8 Å². The molecule has 0 aliphatic carbocycles. The topological polar surface area (TPSA) is 49.9 Å². The highest BCUT2D eigenvalue weighted by Crippen LogP contribution is 2.11. The highest BCUT2D eigenvalue weighted by molar-refractivity contribution is 5.80. The molecule has 0 heterocycles. The Morgan fingerprint density at radius 2 is 1.74 bits per heavy atom. The first-order valence-corrected chi connectivity index (χ1v) is 7.08. The van der Waals surface area contributed by atoms with Crippen LogP contribution in [0.5, 0.6) is 0 Å². The minimum atomic E-state index is -0.311. The molecular formula is C14H28N2O3. The van der Waals surface area contributed by atoms with Crippen molar-refractivity contribution in [3.63, 3.8) is 0 Å². The van der Waals surface area contributed by atoms with Gasteiger partial charge in [0.1, 0.15) is 6.04 Å². The summed E-state index contributed by atoms with van der Waals surface area (Å²) in [6.07, 6.45) is 2.51. The van der Waals surface area contributed by atoms with Gasteiger partial charge in [-0.15, -0.1) is 0 Å². The van der Waals surface area contributed by atoms with Gasteiger partial charge in [0.05, 0.1) is 13.2 Å². The number of ether oxygens (including phenoxy) is 1. The Bertz CT molecular complexity index is 280. The van der Waals surface area contributed by atoms with Gasteiger partial charge in [-0.05, 0) is 26.3 Å². The van der Waals surface area contributed by atoms with Crippen molar-refractivity contribution >= 4 is 11.9 Å². The standard InChI is InChI=1S/C14H28N2O3/c1-6-9-12(14(18)19-8-3)16(10-7-2)11-13(17)15(4)5/h12H,6-11H2,1-5H3. The molecule has 0 spiro atoms. The Morgan fingerprint density at radius 1 is 1.11 bits per heavy atom. The van der Waals surface area contributed by atoms with Crippen LogP contribution in [0.4, 0.5) is 0 Å². The molecule has 0 aromatic rings. The average molecular weight is 272 g/mol. The molecule has 0 aromatic carbocycles. The molecule has 0 saturated carbocycles. The van der Waals surface area contributed by atoms with Crippen molar-refractivity contribution in [3.05, 3.63) is 0 Å². The van der Waals surface area contributed by atoms with E-state index in [9.17, 15) is 9.59 Å². The summed E-state index contributed by atoms with van der Waals surface area (Å²) < 4.78 is 5.12. The lowest BCUT2D eigenvalue weighted by Gasteiger charge is -2.30. The van der Waals surface area contributed by atoms with Crippen LogP contribution >= 0.6 is 0 Å². The fourth-order valence-electron chi connectivity index (χ4n) is 1.91. The van der Waals surface area contributed by atoms with Crippen LogP contribution in [-0.2, 0) is 14.3 Å².